The van der Waals surface area contributed by atoms with Crippen molar-refractivity contribution in [3.8, 4) is 40.8 Å². The largest absolute Gasteiger partial charge is 0.492 e. The van der Waals surface area contributed by atoms with Gasteiger partial charge in [0.15, 0.2) is 23.3 Å². The minimum atomic E-state index is -0.552. The minimum Gasteiger partial charge on any atom is -0.492 e. The number of aromatic hydroxyl groups is 2. The quantitative estimate of drug-likeness (QED) is 0.0840. The summed E-state index contributed by atoms with van der Waals surface area (Å²) in [6.07, 6.45) is 3.20. The van der Waals surface area contributed by atoms with Crippen molar-refractivity contribution < 1.29 is 27.3 Å². The van der Waals surface area contributed by atoms with Crippen LogP contribution in [0, 0.1) is 17.9 Å². The van der Waals surface area contributed by atoms with Crippen LogP contribution in [0.15, 0.2) is 140 Å². The maximum Gasteiger partial charge on any atom is 0.303 e. The van der Waals surface area contributed by atoms with Gasteiger partial charge in [-0.1, -0.05) is 90.1 Å². The third-order valence-corrected chi connectivity index (χ3v) is 9.99. The molecule has 0 fully saturated rings. The Kier molecular flexibility index (Phi) is 13.8. The molecule has 0 aliphatic heterocycles. The SMILES string of the molecule is Cn1c(O)c(N=Nc2c(C#N)c(C(C)(C)C)nn2-c2ccccn2)c(=O)n1-c1ccccc1.[C-]#[N+]c1c(C(C)(C)C)nn(-c2ccccn2)c1N=Nc1c(O)n(C)n(-c2ccccc2)c1=O.[Fe]. The summed E-state index contributed by atoms with van der Waals surface area (Å²) >= 11 is 0. The van der Waals surface area contributed by atoms with E-state index >= 15 is 0 Å². The molecule has 0 aliphatic rings. The Hall–Kier alpha value is -8.52. The molecule has 0 saturated heterocycles. The Labute approximate surface area is 394 Å². The van der Waals surface area contributed by atoms with E-state index in [-0.39, 0.29) is 63.1 Å². The molecular weight excluding hydrogens is 896 g/mol. The smallest absolute Gasteiger partial charge is 0.303 e. The zero-order chi connectivity index (χ0) is 47.5. The van der Waals surface area contributed by atoms with E-state index in [4.69, 9.17) is 6.57 Å². The number of hydrogen-bond donors (Lipinski definition) is 2. The Bertz CT molecular complexity index is 3100. The molecule has 0 saturated carbocycles. The van der Waals surface area contributed by atoms with Crippen molar-refractivity contribution in [2.24, 2.45) is 34.6 Å². The number of hydrogen-bond acceptors (Lipinski definition) is 13. The van der Waals surface area contributed by atoms with Crippen LogP contribution in [0.4, 0.5) is 28.7 Å². The second-order valence-electron chi connectivity index (χ2n) is 16.7. The molecule has 20 nitrogen and oxygen atoms in total. The van der Waals surface area contributed by atoms with E-state index in [0.29, 0.717) is 34.4 Å². The molecule has 0 radical (unpaired) electrons. The first-order valence-corrected chi connectivity index (χ1v) is 20.3. The molecule has 0 spiro atoms. The average Bonchev–Trinajstić information content (AvgIpc) is 4.00. The van der Waals surface area contributed by atoms with Crippen molar-refractivity contribution in [3.05, 3.63) is 159 Å². The molecular formula is C46H44FeN16O4. The number of aromatic nitrogens is 10. The predicted octanol–water partition coefficient (Wildman–Crippen LogP) is 8.77. The third-order valence-electron chi connectivity index (χ3n) is 9.99. The van der Waals surface area contributed by atoms with Gasteiger partial charge in [-0.05, 0) is 53.9 Å². The second kappa shape index (κ2) is 19.3. The van der Waals surface area contributed by atoms with Gasteiger partial charge in [0.05, 0.1) is 29.3 Å². The van der Waals surface area contributed by atoms with Gasteiger partial charge >= 0.3 is 11.1 Å². The standard InChI is InChI=1S/2C23H22N8O2.Fe/c1-23(2,3)19-17(24-4)20(30(28-19)16-13-9-10-14-25-16)27-26-18-21(32)29(5)31(22(18)33)15-11-7-6-8-12-15;1-23(2,3)19-16(14-24)20(30(28-19)17-12-8-9-13-25-17)27-26-18-21(32)29(4)31(22(18)33)15-10-6-5-7-11-15;/h6-14,32H,1-3,5H3;5-13,32H,1-4H3;. The molecule has 8 rings (SSSR count). The van der Waals surface area contributed by atoms with Crippen molar-refractivity contribution in [2.45, 2.75) is 52.4 Å². The number of benzene rings is 2. The van der Waals surface area contributed by atoms with E-state index in [2.05, 4.69) is 51.5 Å². The summed E-state index contributed by atoms with van der Waals surface area (Å²) in [7, 11) is 3.09. The number of nitrogens with zero attached hydrogens (tertiary/aromatic N) is 16. The van der Waals surface area contributed by atoms with Crippen molar-refractivity contribution >= 4 is 28.7 Å². The molecule has 0 bridgehead atoms. The van der Waals surface area contributed by atoms with Gasteiger partial charge < -0.3 is 10.2 Å². The molecule has 0 unspecified atom stereocenters. The number of para-hydroxylation sites is 2. The summed E-state index contributed by atoms with van der Waals surface area (Å²) in [4.78, 5) is 38.3. The van der Waals surface area contributed by atoms with Crippen LogP contribution in [-0.2, 0) is 42.0 Å². The fourth-order valence-electron chi connectivity index (χ4n) is 6.76. The van der Waals surface area contributed by atoms with Crippen LogP contribution in [0.5, 0.6) is 11.8 Å². The fraction of sp³-hybridized carbons (Fsp3) is 0.217. The van der Waals surface area contributed by atoms with Crippen molar-refractivity contribution in [3.63, 3.8) is 0 Å². The van der Waals surface area contributed by atoms with Crippen LogP contribution in [0.1, 0.15) is 58.5 Å². The Morgan fingerprint density at radius 2 is 1.01 bits per heavy atom. The van der Waals surface area contributed by atoms with E-state index in [1.165, 1.54) is 28.1 Å². The first-order chi connectivity index (χ1) is 31.5. The molecule has 67 heavy (non-hydrogen) atoms. The van der Waals surface area contributed by atoms with Crippen molar-refractivity contribution in [1.29, 1.82) is 5.26 Å². The van der Waals surface area contributed by atoms with Gasteiger partial charge in [0.1, 0.15) is 11.6 Å². The maximum absolute atomic E-state index is 13.0. The van der Waals surface area contributed by atoms with Gasteiger partial charge in [0.25, 0.3) is 5.69 Å². The normalized spacial score (nSPS) is 11.6. The Morgan fingerprint density at radius 3 is 1.40 bits per heavy atom. The average molecular weight is 941 g/mol. The summed E-state index contributed by atoms with van der Waals surface area (Å²) < 4.78 is 7.99. The Balaban J connectivity index is 0.000000218. The first-order valence-electron chi connectivity index (χ1n) is 20.3. The molecule has 8 aromatic rings. The zero-order valence-electron chi connectivity index (χ0n) is 37.6. The molecule has 340 valence electrons. The number of rotatable bonds is 8. The summed E-state index contributed by atoms with van der Waals surface area (Å²) in [5.41, 5.74) is 0.0946. The van der Waals surface area contributed by atoms with Crippen LogP contribution in [-0.4, -0.2) is 58.5 Å². The van der Waals surface area contributed by atoms with Gasteiger partial charge in [-0.25, -0.2) is 38.2 Å². The van der Waals surface area contributed by atoms with Gasteiger partial charge in [-0.2, -0.15) is 20.1 Å². The van der Waals surface area contributed by atoms with E-state index in [1.807, 2.05) is 53.7 Å². The molecule has 2 aromatic carbocycles. The fourth-order valence-corrected chi connectivity index (χ4v) is 6.76. The van der Waals surface area contributed by atoms with Crippen LogP contribution < -0.4 is 11.1 Å². The summed E-state index contributed by atoms with van der Waals surface area (Å²) in [5.74, 6) is 0.434. The topological polar surface area (TPSA) is 233 Å². The summed E-state index contributed by atoms with van der Waals surface area (Å²) in [6, 6.07) is 30.5. The molecule has 0 atom stereocenters. The first kappa shape index (κ1) is 47.9. The molecule has 6 aromatic heterocycles. The zero-order valence-corrected chi connectivity index (χ0v) is 38.7. The van der Waals surface area contributed by atoms with E-state index in [9.17, 15) is 25.1 Å². The summed E-state index contributed by atoms with van der Waals surface area (Å²) in [6.45, 7) is 19.3. The number of nitriles is 1. The minimum absolute atomic E-state index is 0. The molecule has 21 heteroatoms. The van der Waals surface area contributed by atoms with Crippen molar-refractivity contribution in [1.82, 2.24) is 48.3 Å². The van der Waals surface area contributed by atoms with Crippen LogP contribution in [0.25, 0.3) is 27.9 Å². The summed E-state index contributed by atoms with van der Waals surface area (Å²) in [5, 5.41) is 56.7. The van der Waals surface area contributed by atoms with Crippen LogP contribution in [0.2, 0.25) is 0 Å². The number of pyridine rings is 2. The molecule has 2 N–H and O–H groups in total. The van der Waals surface area contributed by atoms with Gasteiger partial charge in [-0.3, -0.25) is 9.59 Å². The third kappa shape index (κ3) is 9.36. The maximum atomic E-state index is 13.0. The van der Waals surface area contributed by atoms with Crippen molar-refractivity contribution in [2.75, 3.05) is 0 Å². The predicted molar refractivity (Wildman–Crippen MR) is 245 cm³/mol. The van der Waals surface area contributed by atoms with Crippen LogP contribution in [0.3, 0.4) is 0 Å². The number of azo groups is 2. The van der Waals surface area contributed by atoms with E-state index in [1.54, 1.807) is 111 Å². The van der Waals surface area contributed by atoms with Gasteiger partial charge in [0, 0.05) is 49.0 Å². The Morgan fingerprint density at radius 1 is 0.612 bits per heavy atom. The van der Waals surface area contributed by atoms with Gasteiger partial charge in [0.2, 0.25) is 23.1 Å². The molecule has 6 heterocycles. The van der Waals surface area contributed by atoms with Gasteiger partial charge in [-0.15, -0.1) is 20.5 Å². The van der Waals surface area contributed by atoms with E-state index in [0.717, 1.165) is 0 Å². The van der Waals surface area contributed by atoms with E-state index < -0.39 is 21.9 Å². The molecule has 0 aliphatic carbocycles. The molecule has 0 amide bonds. The van der Waals surface area contributed by atoms with Crippen LogP contribution >= 0.6 is 0 Å². The monoisotopic (exact) mass is 940 g/mol. The second-order valence-corrected chi connectivity index (χ2v) is 16.7.